The minimum Gasteiger partial charge on any atom is -0.332 e. The number of aromatic amines is 1. The number of nitrogens with one attached hydrogen (secondary N) is 2. The van der Waals surface area contributed by atoms with Crippen molar-refractivity contribution in [3.63, 3.8) is 0 Å². The third kappa shape index (κ3) is 2.67. The highest BCUT2D eigenvalue weighted by Gasteiger charge is 2.17. The average molecular weight is 266 g/mol. The van der Waals surface area contributed by atoms with Crippen LogP contribution in [0, 0.1) is 20.8 Å². The van der Waals surface area contributed by atoms with Crippen LogP contribution in [0.3, 0.4) is 0 Å². The molecule has 2 rings (SSSR count). The summed E-state index contributed by atoms with van der Waals surface area (Å²) in [6.45, 7) is 5.38. The van der Waals surface area contributed by atoms with E-state index in [2.05, 4.69) is 19.7 Å². The van der Waals surface area contributed by atoms with Crippen LogP contribution < -0.4 is 4.72 Å². The molecule has 2 heterocycles. The lowest BCUT2D eigenvalue weighted by atomic mass is 10.2. The summed E-state index contributed by atoms with van der Waals surface area (Å²) < 4.78 is 26.4. The summed E-state index contributed by atoms with van der Waals surface area (Å²) >= 11 is 0. The number of anilines is 1. The van der Waals surface area contributed by atoms with Crippen LogP contribution in [0.15, 0.2) is 23.4 Å². The fraction of sp³-hybridized carbons (Fsp3) is 0.273. The summed E-state index contributed by atoms with van der Waals surface area (Å²) in [5.41, 5.74) is 1.70. The van der Waals surface area contributed by atoms with Gasteiger partial charge in [-0.25, -0.2) is 9.97 Å². The Labute approximate surface area is 106 Å². The van der Waals surface area contributed by atoms with E-state index in [0.29, 0.717) is 11.6 Å². The number of pyridine rings is 1. The molecule has 2 aromatic rings. The van der Waals surface area contributed by atoms with Gasteiger partial charge in [-0.2, -0.15) is 8.42 Å². The fourth-order valence-electron chi connectivity index (χ4n) is 1.62. The highest BCUT2D eigenvalue weighted by atomic mass is 32.2. The lowest BCUT2D eigenvalue weighted by Crippen LogP contribution is -2.14. The van der Waals surface area contributed by atoms with Crippen LogP contribution in [-0.4, -0.2) is 23.4 Å². The predicted octanol–water partition coefficient (Wildman–Crippen LogP) is 1.53. The van der Waals surface area contributed by atoms with Gasteiger partial charge in [0.05, 0.1) is 6.20 Å². The molecule has 0 spiro atoms. The summed E-state index contributed by atoms with van der Waals surface area (Å²) in [6.07, 6.45) is 1.28. The van der Waals surface area contributed by atoms with Crippen molar-refractivity contribution >= 4 is 15.8 Å². The number of hydrogen-bond acceptors (Lipinski definition) is 4. The van der Waals surface area contributed by atoms with Crippen molar-refractivity contribution in [2.45, 2.75) is 25.8 Å². The molecule has 0 aliphatic carbocycles. The van der Waals surface area contributed by atoms with E-state index < -0.39 is 10.0 Å². The zero-order valence-corrected chi connectivity index (χ0v) is 11.2. The number of hydrogen-bond donors (Lipinski definition) is 2. The number of aromatic nitrogens is 3. The first-order valence-corrected chi connectivity index (χ1v) is 6.85. The molecule has 0 atom stereocenters. The Balaban J connectivity index is 2.33. The smallest absolute Gasteiger partial charge is 0.280 e. The Morgan fingerprint density at radius 3 is 2.50 bits per heavy atom. The monoisotopic (exact) mass is 266 g/mol. The predicted molar refractivity (Wildman–Crippen MR) is 67.8 cm³/mol. The van der Waals surface area contributed by atoms with Gasteiger partial charge in [0.25, 0.3) is 10.0 Å². The van der Waals surface area contributed by atoms with Gasteiger partial charge in [0.2, 0.25) is 0 Å². The molecule has 2 N–H and O–H groups in total. The Hall–Kier alpha value is -1.89. The van der Waals surface area contributed by atoms with Crippen LogP contribution in [0.2, 0.25) is 0 Å². The van der Waals surface area contributed by atoms with Crippen molar-refractivity contribution in [2.24, 2.45) is 0 Å². The highest BCUT2D eigenvalue weighted by Crippen LogP contribution is 2.14. The van der Waals surface area contributed by atoms with Crippen molar-refractivity contribution < 1.29 is 8.42 Å². The molecule has 0 bridgehead atoms. The van der Waals surface area contributed by atoms with E-state index in [1.54, 1.807) is 13.0 Å². The molecule has 96 valence electrons. The Morgan fingerprint density at radius 1 is 1.22 bits per heavy atom. The first kappa shape index (κ1) is 12.6. The molecule has 0 fully saturated rings. The summed E-state index contributed by atoms with van der Waals surface area (Å²) in [6, 6.07) is 3.55. The van der Waals surface area contributed by atoms with E-state index in [0.717, 1.165) is 11.3 Å². The standard InChI is InChI=1S/C11H14N4O2S/c1-7-4-8(2)13-10(5-7)15-18(16,17)11-6-12-9(3)14-11/h4-6H,1-3H3,(H,12,14)(H,13,15). The first-order chi connectivity index (χ1) is 8.37. The molecule has 0 amide bonds. The first-order valence-electron chi connectivity index (χ1n) is 5.36. The van der Waals surface area contributed by atoms with Crippen molar-refractivity contribution in [3.8, 4) is 0 Å². The second kappa shape index (κ2) is 4.41. The van der Waals surface area contributed by atoms with Crippen LogP contribution in [0.1, 0.15) is 17.1 Å². The Morgan fingerprint density at radius 2 is 1.94 bits per heavy atom. The van der Waals surface area contributed by atoms with Gasteiger partial charge in [-0.3, -0.25) is 4.72 Å². The van der Waals surface area contributed by atoms with E-state index in [1.165, 1.54) is 6.20 Å². The molecule has 7 heteroatoms. The zero-order valence-electron chi connectivity index (χ0n) is 10.4. The van der Waals surface area contributed by atoms with E-state index in [9.17, 15) is 8.42 Å². The van der Waals surface area contributed by atoms with Crippen molar-refractivity contribution in [2.75, 3.05) is 4.72 Å². The molecule has 0 aromatic carbocycles. The third-order valence-electron chi connectivity index (χ3n) is 2.31. The number of aryl methyl sites for hydroxylation is 3. The van der Waals surface area contributed by atoms with Gasteiger partial charge in [0.15, 0.2) is 5.03 Å². The number of nitrogens with zero attached hydrogens (tertiary/aromatic N) is 2. The molecule has 2 aromatic heterocycles. The van der Waals surface area contributed by atoms with Crippen molar-refractivity contribution in [1.29, 1.82) is 0 Å². The van der Waals surface area contributed by atoms with E-state index in [1.807, 2.05) is 19.9 Å². The van der Waals surface area contributed by atoms with Gasteiger partial charge in [-0.15, -0.1) is 0 Å². The van der Waals surface area contributed by atoms with Gasteiger partial charge < -0.3 is 4.98 Å². The summed E-state index contributed by atoms with van der Waals surface area (Å²) in [5, 5.41) is 0.0287. The minimum atomic E-state index is -3.66. The fourth-order valence-corrected chi connectivity index (χ4v) is 2.58. The molecule has 0 radical (unpaired) electrons. The molecule has 0 saturated heterocycles. The third-order valence-corrected chi connectivity index (χ3v) is 3.57. The summed E-state index contributed by atoms with van der Waals surface area (Å²) in [7, 11) is -3.66. The maximum Gasteiger partial charge on any atom is 0.280 e. The molecular weight excluding hydrogens is 252 g/mol. The van der Waals surface area contributed by atoms with Crippen LogP contribution >= 0.6 is 0 Å². The molecular formula is C11H14N4O2S. The van der Waals surface area contributed by atoms with Gasteiger partial charge in [-0.05, 0) is 38.5 Å². The quantitative estimate of drug-likeness (QED) is 0.881. The van der Waals surface area contributed by atoms with Crippen LogP contribution in [0.5, 0.6) is 0 Å². The maximum absolute atomic E-state index is 12.0. The lowest BCUT2D eigenvalue weighted by molar-refractivity contribution is 0.598. The van der Waals surface area contributed by atoms with Crippen molar-refractivity contribution in [1.82, 2.24) is 15.0 Å². The molecule has 0 aliphatic heterocycles. The summed E-state index contributed by atoms with van der Waals surface area (Å²) in [5.74, 6) is 0.850. The molecule has 18 heavy (non-hydrogen) atoms. The minimum absolute atomic E-state index is 0.0287. The average Bonchev–Trinajstić information content (AvgIpc) is 2.62. The second-order valence-corrected chi connectivity index (χ2v) is 5.76. The van der Waals surface area contributed by atoms with Gasteiger partial charge in [-0.1, -0.05) is 0 Å². The number of imidazole rings is 1. The van der Waals surface area contributed by atoms with Crippen LogP contribution in [0.4, 0.5) is 5.82 Å². The van der Waals surface area contributed by atoms with Gasteiger partial charge in [0.1, 0.15) is 11.6 Å². The Kier molecular flexibility index (Phi) is 3.08. The van der Waals surface area contributed by atoms with E-state index >= 15 is 0 Å². The van der Waals surface area contributed by atoms with Crippen molar-refractivity contribution in [3.05, 3.63) is 35.4 Å². The Bertz CT molecular complexity index is 656. The zero-order chi connectivity index (χ0) is 13.3. The maximum atomic E-state index is 12.0. The van der Waals surface area contributed by atoms with Gasteiger partial charge >= 0.3 is 0 Å². The number of rotatable bonds is 3. The molecule has 0 unspecified atom stereocenters. The van der Waals surface area contributed by atoms with Crippen LogP contribution in [0.25, 0.3) is 0 Å². The highest BCUT2D eigenvalue weighted by molar-refractivity contribution is 7.92. The summed E-state index contributed by atoms with van der Waals surface area (Å²) in [4.78, 5) is 10.7. The van der Waals surface area contributed by atoms with E-state index in [-0.39, 0.29) is 5.03 Å². The van der Waals surface area contributed by atoms with Gasteiger partial charge in [0, 0.05) is 5.69 Å². The topological polar surface area (TPSA) is 87.7 Å². The normalized spacial score (nSPS) is 11.5. The number of H-pyrrole nitrogens is 1. The molecule has 0 saturated carbocycles. The molecule has 0 aliphatic rings. The van der Waals surface area contributed by atoms with Crippen LogP contribution in [-0.2, 0) is 10.0 Å². The SMILES string of the molecule is Cc1cc(C)nc(NS(=O)(=O)c2cnc(C)[nH]2)c1. The van der Waals surface area contributed by atoms with E-state index in [4.69, 9.17) is 0 Å². The second-order valence-electron chi connectivity index (χ2n) is 4.11. The number of sulfonamides is 1. The molecule has 6 nitrogen and oxygen atoms in total. The lowest BCUT2D eigenvalue weighted by Gasteiger charge is -2.07. The largest absolute Gasteiger partial charge is 0.332 e.